The molecule has 3 rings (SSSR count). The molecule has 0 spiro atoms. The lowest BCUT2D eigenvalue weighted by molar-refractivity contribution is 0.0954. The molecule has 3 aromatic carbocycles. The Bertz CT molecular complexity index is 1150. The molecular formula is C24H22ClIN2O4. The SMILES string of the molecule is COc1cc(C(=O)N/N=C\c2cc(Cl)c(OCc3cccc(C)c3)c(OC)c2)ccc1I. The highest BCUT2D eigenvalue weighted by Crippen LogP contribution is 2.36. The molecular weight excluding hydrogens is 543 g/mol. The summed E-state index contributed by atoms with van der Waals surface area (Å²) in [5, 5.41) is 4.40. The van der Waals surface area contributed by atoms with Gasteiger partial charge in [0.05, 0.1) is 29.0 Å². The molecule has 0 saturated carbocycles. The van der Waals surface area contributed by atoms with E-state index in [9.17, 15) is 4.79 Å². The maximum atomic E-state index is 12.3. The summed E-state index contributed by atoms with van der Waals surface area (Å²) in [4.78, 5) is 12.3. The highest BCUT2D eigenvalue weighted by molar-refractivity contribution is 14.1. The Labute approximate surface area is 205 Å². The fourth-order valence-electron chi connectivity index (χ4n) is 2.94. The van der Waals surface area contributed by atoms with Gasteiger partial charge in [-0.2, -0.15) is 5.10 Å². The minimum absolute atomic E-state index is 0.355. The lowest BCUT2D eigenvalue weighted by Crippen LogP contribution is -2.17. The monoisotopic (exact) mass is 564 g/mol. The van der Waals surface area contributed by atoms with Gasteiger partial charge in [0.15, 0.2) is 11.5 Å². The third kappa shape index (κ3) is 6.14. The number of methoxy groups -OCH3 is 2. The van der Waals surface area contributed by atoms with Crippen molar-refractivity contribution >= 4 is 46.3 Å². The van der Waals surface area contributed by atoms with Crippen LogP contribution in [0.5, 0.6) is 17.2 Å². The zero-order valence-electron chi connectivity index (χ0n) is 17.8. The van der Waals surface area contributed by atoms with E-state index >= 15 is 0 Å². The lowest BCUT2D eigenvalue weighted by atomic mass is 10.1. The van der Waals surface area contributed by atoms with Gasteiger partial charge in [0.25, 0.3) is 5.91 Å². The summed E-state index contributed by atoms with van der Waals surface area (Å²) in [6.07, 6.45) is 1.49. The third-order valence-corrected chi connectivity index (χ3v) is 5.68. The van der Waals surface area contributed by atoms with Crippen LogP contribution in [-0.4, -0.2) is 26.3 Å². The fraction of sp³-hybridized carbons (Fsp3) is 0.167. The van der Waals surface area contributed by atoms with E-state index in [0.29, 0.717) is 40.0 Å². The van der Waals surface area contributed by atoms with Gasteiger partial charge in [0, 0.05) is 5.56 Å². The van der Waals surface area contributed by atoms with Gasteiger partial charge in [0.2, 0.25) is 0 Å². The van der Waals surface area contributed by atoms with Gasteiger partial charge in [0.1, 0.15) is 12.4 Å². The second-order valence-corrected chi connectivity index (χ2v) is 8.43. The largest absolute Gasteiger partial charge is 0.496 e. The van der Waals surface area contributed by atoms with Gasteiger partial charge < -0.3 is 14.2 Å². The minimum atomic E-state index is -0.355. The number of ether oxygens (including phenoxy) is 3. The molecule has 1 N–H and O–H groups in total. The summed E-state index contributed by atoms with van der Waals surface area (Å²) in [5.74, 6) is 1.19. The van der Waals surface area contributed by atoms with E-state index in [1.54, 1.807) is 37.4 Å². The first-order valence-corrected chi connectivity index (χ1v) is 11.1. The van der Waals surface area contributed by atoms with E-state index < -0.39 is 0 Å². The lowest BCUT2D eigenvalue weighted by Gasteiger charge is -2.13. The summed E-state index contributed by atoms with van der Waals surface area (Å²) >= 11 is 8.57. The highest BCUT2D eigenvalue weighted by atomic mass is 127. The van der Waals surface area contributed by atoms with Gasteiger partial charge in [-0.1, -0.05) is 41.4 Å². The van der Waals surface area contributed by atoms with Gasteiger partial charge in [-0.15, -0.1) is 0 Å². The summed E-state index contributed by atoms with van der Waals surface area (Å²) in [6, 6.07) is 16.6. The zero-order chi connectivity index (χ0) is 23.1. The molecule has 3 aromatic rings. The number of aryl methyl sites for hydroxylation is 1. The maximum Gasteiger partial charge on any atom is 0.271 e. The van der Waals surface area contributed by atoms with Crippen LogP contribution >= 0.6 is 34.2 Å². The second-order valence-electron chi connectivity index (χ2n) is 6.86. The van der Waals surface area contributed by atoms with Crippen molar-refractivity contribution in [3.63, 3.8) is 0 Å². The van der Waals surface area contributed by atoms with E-state index in [2.05, 4.69) is 33.1 Å². The molecule has 8 heteroatoms. The Morgan fingerprint density at radius 3 is 2.59 bits per heavy atom. The Morgan fingerprint density at radius 2 is 1.88 bits per heavy atom. The minimum Gasteiger partial charge on any atom is -0.496 e. The van der Waals surface area contributed by atoms with Crippen LogP contribution in [-0.2, 0) is 6.61 Å². The quantitative estimate of drug-likeness (QED) is 0.219. The Kier molecular flexibility index (Phi) is 8.35. The molecule has 0 radical (unpaired) electrons. The molecule has 6 nitrogen and oxygen atoms in total. The smallest absolute Gasteiger partial charge is 0.271 e. The fourth-order valence-corrected chi connectivity index (χ4v) is 3.77. The standard InChI is InChI=1S/C24H22ClIN2O4/c1-15-5-4-6-16(9-15)14-32-23-19(25)10-17(11-22(23)31-3)13-27-28-24(29)18-7-8-20(26)21(12-18)30-2/h4-13H,14H2,1-3H3,(H,28,29)/b27-13-. The van der Waals surface area contributed by atoms with Crippen LogP contribution in [0.4, 0.5) is 0 Å². The average molecular weight is 565 g/mol. The van der Waals surface area contributed by atoms with Crippen LogP contribution < -0.4 is 19.6 Å². The third-order valence-electron chi connectivity index (χ3n) is 4.51. The molecule has 0 unspecified atom stereocenters. The first-order valence-electron chi connectivity index (χ1n) is 9.64. The molecule has 0 aliphatic rings. The number of carbonyl (C=O) groups is 1. The van der Waals surface area contributed by atoms with Crippen molar-refractivity contribution in [2.24, 2.45) is 5.10 Å². The van der Waals surface area contributed by atoms with Crippen molar-refractivity contribution in [2.45, 2.75) is 13.5 Å². The second kappa shape index (κ2) is 11.2. The molecule has 0 fully saturated rings. The summed E-state index contributed by atoms with van der Waals surface area (Å²) < 4.78 is 17.5. The number of halogens is 2. The number of hydrogen-bond donors (Lipinski definition) is 1. The molecule has 0 saturated heterocycles. The van der Waals surface area contributed by atoms with Crippen LogP contribution in [0, 0.1) is 10.5 Å². The van der Waals surface area contributed by atoms with Crippen LogP contribution in [0.3, 0.4) is 0 Å². The van der Waals surface area contributed by atoms with Crippen molar-refractivity contribution in [1.82, 2.24) is 5.43 Å². The molecule has 0 bridgehead atoms. The number of benzene rings is 3. The first-order chi connectivity index (χ1) is 15.4. The summed E-state index contributed by atoms with van der Waals surface area (Å²) in [7, 11) is 3.10. The van der Waals surface area contributed by atoms with Gasteiger partial charge in [-0.05, 0) is 71.0 Å². The average Bonchev–Trinajstić information content (AvgIpc) is 2.78. The molecule has 0 aromatic heterocycles. The Balaban J connectivity index is 1.69. The number of nitrogens with zero attached hydrogens (tertiary/aromatic N) is 1. The Morgan fingerprint density at radius 1 is 1.09 bits per heavy atom. The topological polar surface area (TPSA) is 69.2 Å². The van der Waals surface area contributed by atoms with Crippen LogP contribution in [0.1, 0.15) is 27.0 Å². The predicted octanol–water partition coefficient (Wildman–Crippen LogP) is 5.61. The molecule has 0 aliphatic heterocycles. The van der Waals surface area contributed by atoms with Crippen LogP contribution in [0.15, 0.2) is 59.7 Å². The molecule has 0 aliphatic carbocycles. The number of amides is 1. The van der Waals surface area contributed by atoms with Crippen molar-refractivity contribution in [1.29, 1.82) is 0 Å². The molecule has 32 heavy (non-hydrogen) atoms. The molecule has 1 amide bonds. The van der Waals surface area contributed by atoms with Gasteiger partial charge in [-0.25, -0.2) is 5.43 Å². The zero-order valence-corrected chi connectivity index (χ0v) is 20.7. The van der Waals surface area contributed by atoms with Gasteiger partial charge >= 0.3 is 0 Å². The predicted molar refractivity (Wildman–Crippen MR) is 134 cm³/mol. The normalized spacial score (nSPS) is 10.8. The van der Waals surface area contributed by atoms with Crippen LogP contribution in [0.25, 0.3) is 0 Å². The van der Waals surface area contributed by atoms with Crippen molar-refractivity contribution in [2.75, 3.05) is 14.2 Å². The van der Waals surface area contributed by atoms with Gasteiger partial charge in [-0.3, -0.25) is 4.79 Å². The molecule has 0 atom stereocenters. The number of carbonyl (C=O) groups excluding carboxylic acids is 1. The number of hydrazone groups is 1. The highest BCUT2D eigenvalue weighted by Gasteiger charge is 2.13. The number of hydrogen-bond acceptors (Lipinski definition) is 5. The van der Waals surface area contributed by atoms with E-state index in [1.807, 2.05) is 31.2 Å². The van der Waals surface area contributed by atoms with Crippen LogP contribution in [0.2, 0.25) is 5.02 Å². The number of nitrogens with one attached hydrogen (secondary N) is 1. The van der Waals surface area contributed by atoms with E-state index in [4.69, 9.17) is 25.8 Å². The van der Waals surface area contributed by atoms with E-state index in [1.165, 1.54) is 13.3 Å². The summed E-state index contributed by atoms with van der Waals surface area (Å²) in [5.41, 5.74) is 5.77. The van der Waals surface area contributed by atoms with E-state index in [-0.39, 0.29) is 5.91 Å². The Hall–Kier alpha value is -2.78. The molecule has 166 valence electrons. The first kappa shape index (κ1) is 23.9. The van der Waals surface area contributed by atoms with Crippen molar-refractivity contribution < 1.29 is 19.0 Å². The number of rotatable bonds is 8. The van der Waals surface area contributed by atoms with E-state index in [0.717, 1.165) is 14.7 Å². The summed E-state index contributed by atoms with van der Waals surface area (Å²) in [6.45, 7) is 2.39. The van der Waals surface area contributed by atoms with Crippen molar-refractivity contribution in [3.8, 4) is 17.2 Å². The molecule has 0 heterocycles. The maximum absolute atomic E-state index is 12.3. The van der Waals surface area contributed by atoms with Crippen molar-refractivity contribution in [3.05, 3.63) is 85.4 Å².